The van der Waals surface area contributed by atoms with Crippen LogP contribution in [0.2, 0.25) is 0 Å². The highest BCUT2D eigenvalue weighted by Crippen LogP contribution is 2.25. The molecule has 1 saturated heterocycles. The maximum Gasteiger partial charge on any atom is 0.255 e. The van der Waals surface area contributed by atoms with E-state index in [1.807, 2.05) is 29.2 Å². The first kappa shape index (κ1) is 20.7. The van der Waals surface area contributed by atoms with Gasteiger partial charge < -0.3 is 10.2 Å². The van der Waals surface area contributed by atoms with Crippen molar-refractivity contribution in [3.8, 4) is 11.3 Å². The summed E-state index contributed by atoms with van der Waals surface area (Å²) in [5, 5.41) is 6.99. The summed E-state index contributed by atoms with van der Waals surface area (Å²) < 4.78 is 28.9. The normalized spacial score (nSPS) is 13.6. The highest BCUT2D eigenvalue weighted by Gasteiger charge is 2.21. The molecule has 1 aromatic heterocycles. The molecule has 1 aliphatic rings. The Kier molecular flexibility index (Phi) is 5.79. The number of carbonyl (C=O) groups is 2. The summed E-state index contributed by atoms with van der Waals surface area (Å²) in [4.78, 5) is 26.3. The van der Waals surface area contributed by atoms with Gasteiger partial charge in [-0.15, -0.1) is 0 Å². The van der Waals surface area contributed by atoms with Gasteiger partial charge in [-0.25, -0.2) is 8.78 Å². The molecule has 6 nitrogen and oxygen atoms in total. The molecule has 3 aromatic rings. The van der Waals surface area contributed by atoms with Gasteiger partial charge in [0.05, 0.1) is 5.56 Å². The van der Waals surface area contributed by atoms with Crippen LogP contribution in [0.3, 0.4) is 0 Å². The predicted molar refractivity (Wildman–Crippen MR) is 111 cm³/mol. The van der Waals surface area contributed by atoms with Crippen molar-refractivity contribution >= 4 is 11.8 Å². The molecule has 2 aromatic carbocycles. The number of carbonyl (C=O) groups excluding carboxylic acids is 2. The van der Waals surface area contributed by atoms with Crippen LogP contribution in [-0.4, -0.2) is 33.0 Å². The van der Waals surface area contributed by atoms with E-state index in [0.29, 0.717) is 13.0 Å². The van der Waals surface area contributed by atoms with E-state index in [4.69, 9.17) is 0 Å². The molecule has 2 heterocycles. The molecule has 2 amide bonds. The zero-order valence-electron chi connectivity index (χ0n) is 17.1. The Labute approximate surface area is 178 Å². The molecule has 1 aliphatic heterocycles. The molecule has 4 rings (SSSR count). The fourth-order valence-corrected chi connectivity index (χ4v) is 3.67. The molecule has 0 aliphatic carbocycles. The van der Waals surface area contributed by atoms with E-state index < -0.39 is 17.5 Å². The van der Waals surface area contributed by atoms with Crippen molar-refractivity contribution < 1.29 is 18.4 Å². The second kappa shape index (κ2) is 8.67. The SMILES string of the molecule is Cn1cc(C(=O)NCc2ccc(CN3CCCC3=O)cc2)c(-c2ccc(F)cc2F)n1. The molecule has 0 radical (unpaired) electrons. The average molecular weight is 424 g/mol. The zero-order chi connectivity index (χ0) is 22.0. The Morgan fingerprint density at radius 1 is 1.13 bits per heavy atom. The summed E-state index contributed by atoms with van der Waals surface area (Å²) in [5.74, 6) is -1.69. The van der Waals surface area contributed by atoms with Gasteiger partial charge in [0.2, 0.25) is 5.91 Å². The maximum atomic E-state index is 14.2. The van der Waals surface area contributed by atoms with Gasteiger partial charge in [-0.05, 0) is 29.7 Å². The Morgan fingerprint density at radius 3 is 2.55 bits per heavy atom. The lowest BCUT2D eigenvalue weighted by atomic mass is 10.1. The Morgan fingerprint density at radius 2 is 1.87 bits per heavy atom. The highest BCUT2D eigenvalue weighted by atomic mass is 19.1. The molecule has 0 atom stereocenters. The largest absolute Gasteiger partial charge is 0.348 e. The zero-order valence-corrected chi connectivity index (χ0v) is 17.1. The quantitative estimate of drug-likeness (QED) is 0.660. The van der Waals surface area contributed by atoms with Crippen LogP contribution in [0.15, 0.2) is 48.7 Å². The average Bonchev–Trinajstić information content (AvgIpc) is 3.32. The van der Waals surface area contributed by atoms with E-state index in [9.17, 15) is 18.4 Å². The number of rotatable bonds is 6. The first-order valence-corrected chi connectivity index (χ1v) is 10.0. The first-order valence-electron chi connectivity index (χ1n) is 10.0. The summed E-state index contributed by atoms with van der Waals surface area (Å²) >= 11 is 0. The molecule has 8 heteroatoms. The summed E-state index contributed by atoms with van der Waals surface area (Å²) in [5.41, 5.74) is 2.35. The van der Waals surface area contributed by atoms with Gasteiger partial charge in [-0.2, -0.15) is 5.10 Å². The second-order valence-electron chi connectivity index (χ2n) is 7.61. The van der Waals surface area contributed by atoms with E-state index in [-0.39, 0.29) is 29.3 Å². The number of hydrogen-bond donors (Lipinski definition) is 1. The number of amides is 2. The lowest BCUT2D eigenvalue weighted by Crippen LogP contribution is -2.24. The van der Waals surface area contributed by atoms with Crippen LogP contribution in [0.1, 0.15) is 34.3 Å². The van der Waals surface area contributed by atoms with Crippen LogP contribution in [0, 0.1) is 11.6 Å². The minimum Gasteiger partial charge on any atom is -0.348 e. The van der Waals surface area contributed by atoms with Crippen molar-refractivity contribution in [3.63, 3.8) is 0 Å². The van der Waals surface area contributed by atoms with E-state index in [1.54, 1.807) is 7.05 Å². The van der Waals surface area contributed by atoms with Gasteiger partial charge >= 0.3 is 0 Å². The topological polar surface area (TPSA) is 67.2 Å². The Balaban J connectivity index is 1.43. The van der Waals surface area contributed by atoms with Crippen molar-refractivity contribution in [1.82, 2.24) is 20.0 Å². The molecule has 0 spiro atoms. The minimum atomic E-state index is -0.778. The highest BCUT2D eigenvalue weighted by molar-refractivity contribution is 5.99. The van der Waals surface area contributed by atoms with Crippen LogP contribution in [0.5, 0.6) is 0 Å². The lowest BCUT2D eigenvalue weighted by Gasteiger charge is -2.15. The predicted octanol–water partition coefficient (Wildman–Crippen LogP) is 3.42. The molecular weight excluding hydrogens is 402 g/mol. The van der Waals surface area contributed by atoms with Crippen molar-refractivity contribution in [3.05, 3.63) is 77.0 Å². The third-order valence-corrected chi connectivity index (χ3v) is 5.28. The van der Waals surface area contributed by atoms with Crippen molar-refractivity contribution in [2.45, 2.75) is 25.9 Å². The number of halogens is 2. The number of aryl methyl sites for hydroxylation is 1. The summed E-state index contributed by atoms with van der Waals surface area (Å²) in [7, 11) is 1.63. The monoisotopic (exact) mass is 424 g/mol. The van der Waals surface area contributed by atoms with Gasteiger partial charge in [0, 0.05) is 50.9 Å². The Hall–Kier alpha value is -3.55. The van der Waals surface area contributed by atoms with Crippen molar-refractivity contribution in [2.24, 2.45) is 7.05 Å². The van der Waals surface area contributed by atoms with Gasteiger partial charge in [-0.1, -0.05) is 24.3 Å². The first-order chi connectivity index (χ1) is 14.9. The molecule has 0 bridgehead atoms. The third kappa shape index (κ3) is 4.63. The minimum absolute atomic E-state index is 0.0629. The molecule has 1 fully saturated rings. The smallest absolute Gasteiger partial charge is 0.255 e. The molecular formula is C23H22F2N4O2. The van der Waals surface area contributed by atoms with Crippen LogP contribution < -0.4 is 5.32 Å². The Bertz CT molecular complexity index is 1130. The summed E-state index contributed by atoms with van der Waals surface area (Å²) in [6.07, 6.45) is 3.02. The summed E-state index contributed by atoms with van der Waals surface area (Å²) in [6, 6.07) is 10.9. The van der Waals surface area contributed by atoms with Crippen LogP contribution in [0.4, 0.5) is 8.78 Å². The standard InChI is InChI=1S/C23H22F2N4O2/c1-28-14-19(22(27-28)18-9-8-17(24)11-20(18)25)23(31)26-12-15-4-6-16(7-5-15)13-29-10-2-3-21(29)30/h4-9,11,14H,2-3,10,12-13H2,1H3,(H,26,31). The van der Waals surface area contributed by atoms with Crippen LogP contribution in [-0.2, 0) is 24.9 Å². The number of benzene rings is 2. The molecule has 160 valence electrons. The van der Waals surface area contributed by atoms with Crippen molar-refractivity contribution in [1.29, 1.82) is 0 Å². The number of nitrogens with zero attached hydrogens (tertiary/aromatic N) is 3. The van der Waals surface area contributed by atoms with Gasteiger partial charge in [0.15, 0.2) is 0 Å². The maximum absolute atomic E-state index is 14.2. The number of aromatic nitrogens is 2. The van der Waals surface area contributed by atoms with Gasteiger partial charge in [0.1, 0.15) is 17.3 Å². The van der Waals surface area contributed by atoms with Crippen LogP contribution in [0.25, 0.3) is 11.3 Å². The number of hydrogen-bond acceptors (Lipinski definition) is 3. The molecule has 0 saturated carbocycles. The fourth-order valence-electron chi connectivity index (χ4n) is 3.67. The van der Waals surface area contributed by atoms with Gasteiger partial charge in [0.25, 0.3) is 5.91 Å². The van der Waals surface area contributed by atoms with Crippen molar-refractivity contribution in [2.75, 3.05) is 6.54 Å². The third-order valence-electron chi connectivity index (χ3n) is 5.28. The number of nitrogens with one attached hydrogen (secondary N) is 1. The number of likely N-dealkylation sites (tertiary alicyclic amines) is 1. The molecule has 0 unspecified atom stereocenters. The lowest BCUT2D eigenvalue weighted by molar-refractivity contribution is -0.128. The second-order valence-corrected chi connectivity index (χ2v) is 7.61. The molecule has 1 N–H and O–H groups in total. The molecule has 31 heavy (non-hydrogen) atoms. The summed E-state index contributed by atoms with van der Waals surface area (Å²) in [6.45, 7) is 1.66. The van der Waals surface area contributed by atoms with E-state index >= 15 is 0 Å². The van der Waals surface area contributed by atoms with Gasteiger partial charge in [-0.3, -0.25) is 14.3 Å². The van der Waals surface area contributed by atoms with E-state index in [2.05, 4.69) is 10.4 Å². The fraction of sp³-hybridized carbons (Fsp3) is 0.261. The van der Waals surface area contributed by atoms with E-state index in [0.717, 1.165) is 36.2 Å². The van der Waals surface area contributed by atoms with E-state index in [1.165, 1.54) is 16.9 Å². The van der Waals surface area contributed by atoms with Crippen LogP contribution >= 0.6 is 0 Å².